The van der Waals surface area contributed by atoms with Gasteiger partial charge in [-0.25, -0.2) is 9.67 Å². The number of fused-ring (bicyclic) bond motifs is 2. The zero-order valence-electron chi connectivity index (χ0n) is 18.1. The van der Waals surface area contributed by atoms with Crippen molar-refractivity contribution in [3.05, 3.63) is 71.3 Å². The molecule has 5 rings (SSSR count). The maximum absolute atomic E-state index is 13.0. The second kappa shape index (κ2) is 8.11. The normalized spacial score (nSPS) is 19.8. The highest BCUT2D eigenvalue weighted by Gasteiger charge is 2.32. The number of methoxy groups -OCH3 is 1. The Hall–Kier alpha value is -3.68. The third-order valence-electron chi connectivity index (χ3n) is 6.31. The summed E-state index contributed by atoms with van der Waals surface area (Å²) in [5.74, 6) is 1.08. The number of carbonyl (C=O) groups excluding carboxylic acids is 2. The Morgan fingerprint density at radius 2 is 1.94 bits per heavy atom. The summed E-state index contributed by atoms with van der Waals surface area (Å²) in [6, 6.07) is 15.2. The van der Waals surface area contributed by atoms with Crippen LogP contribution >= 0.6 is 0 Å². The molecule has 2 atom stereocenters. The predicted octanol–water partition coefficient (Wildman–Crippen LogP) is 2.53. The van der Waals surface area contributed by atoms with Crippen LogP contribution in [0.3, 0.4) is 0 Å². The lowest BCUT2D eigenvalue weighted by molar-refractivity contribution is -0.120. The van der Waals surface area contributed by atoms with Crippen molar-refractivity contribution in [3.63, 3.8) is 0 Å². The molecule has 1 N–H and O–H groups in total. The van der Waals surface area contributed by atoms with Crippen LogP contribution in [-0.2, 0) is 17.6 Å². The number of hydrogen-bond donors (Lipinski definition) is 1. The molecule has 0 fully saturated rings. The second-order valence-electron chi connectivity index (χ2n) is 8.22. The van der Waals surface area contributed by atoms with E-state index in [9.17, 15) is 9.59 Å². The highest BCUT2D eigenvalue weighted by Crippen LogP contribution is 2.31. The summed E-state index contributed by atoms with van der Waals surface area (Å²) in [7, 11) is 3.35. The SMILES string of the molecule is COc1ccc2c(c1)CC[C@H](NC(=O)c1nc3n(n1)[C@H](c1ccccc1)CC3)C(=O)N2C. The van der Waals surface area contributed by atoms with Crippen LogP contribution in [0.2, 0.25) is 0 Å². The number of hydrogen-bond acceptors (Lipinski definition) is 5. The van der Waals surface area contributed by atoms with Crippen molar-refractivity contribution in [1.29, 1.82) is 0 Å². The van der Waals surface area contributed by atoms with Crippen molar-refractivity contribution >= 4 is 17.5 Å². The summed E-state index contributed by atoms with van der Waals surface area (Å²) in [5, 5.41) is 7.36. The van der Waals surface area contributed by atoms with Crippen molar-refractivity contribution in [2.24, 2.45) is 0 Å². The first-order chi connectivity index (χ1) is 15.5. The number of aryl methyl sites for hydroxylation is 2. The molecule has 2 aromatic carbocycles. The summed E-state index contributed by atoms with van der Waals surface area (Å²) in [6.07, 6.45) is 2.82. The summed E-state index contributed by atoms with van der Waals surface area (Å²) < 4.78 is 7.15. The number of ether oxygens (including phenoxy) is 1. The molecular weight excluding hydrogens is 406 g/mol. The van der Waals surface area contributed by atoms with Gasteiger partial charge in [0.15, 0.2) is 0 Å². The molecule has 3 heterocycles. The van der Waals surface area contributed by atoms with Crippen molar-refractivity contribution in [2.45, 2.75) is 37.8 Å². The van der Waals surface area contributed by atoms with Gasteiger partial charge >= 0.3 is 0 Å². The molecule has 2 aliphatic rings. The summed E-state index contributed by atoms with van der Waals surface area (Å²) >= 11 is 0. The Bertz CT molecular complexity index is 1170. The fourth-order valence-corrected chi connectivity index (χ4v) is 4.59. The number of nitrogens with one attached hydrogen (secondary N) is 1. The minimum atomic E-state index is -0.644. The van der Waals surface area contributed by atoms with Crippen molar-refractivity contribution in [2.75, 3.05) is 19.1 Å². The van der Waals surface area contributed by atoms with Crippen LogP contribution in [0, 0.1) is 0 Å². The minimum absolute atomic E-state index is 0.0791. The third-order valence-corrected chi connectivity index (χ3v) is 6.31. The van der Waals surface area contributed by atoms with Crippen LogP contribution in [-0.4, -0.2) is 46.8 Å². The monoisotopic (exact) mass is 431 g/mol. The van der Waals surface area contributed by atoms with Gasteiger partial charge in [0, 0.05) is 19.2 Å². The quantitative estimate of drug-likeness (QED) is 0.686. The van der Waals surface area contributed by atoms with Gasteiger partial charge in [0.25, 0.3) is 5.91 Å². The van der Waals surface area contributed by atoms with E-state index in [1.165, 1.54) is 0 Å². The van der Waals surface area contributed by atoms with Crippen molar-refractivity contribution < 1.29 is 14.3 Å². The fourth-order valence-electron chi connectivity index (χ4n) is 4.59. The van der Waals surface area contributed by atoms with Crippen LogP contribution in [0.25, 0.3) is 0 Å². The lowest BCUT2D eigenvalue weighted by atomic mass is 10.1. The number of aromatic nitrogens is 3. The molecule has 8 heteroatoms. The Labute approximate surface area is 186 Å². The maximum Gasteiger partial charge on any atom is 0.291 e. The van der Waals surface area contributed by atoms with E-state index in [2.05, 4.69) is 27.5 Å². The van der Waals surface area contributed by atoms with Gasteiger partial charge in [-0.15, -0.1) is 5.10 Å². The number of nitrogens with zero attached hydrogens (tertiary/aromatic N) is 4. The van der Waals surface area contributed by atoms with Crippen LogP contribution in [0.15, 0.2) is 48.5 Å². The molecule has 1 aromatic heterocycles. The maximum atomic E-state index is 13.0. The first-order valence-corrected chi connectivity index (χ1v) is 10.8. The molecule has 0 radical (unpaired) electrons. The van der Waals surface area contributed by atoms with E-state index in [-0.39, 0.29) is 17.8 Å². The van der Waals surface area contributed by atoms with Crippen molar-refractivity contribution in [3.8, 4) is 5.75 Å². The van der Waals surface area contributed by atoms with Gasteiger partial charge < -0.3 is 15.0 Å². The van der Waals surface area contributed by atoms with E-state index in [1.807, 2.05) is 41.1 Å². The molecule has 3 aromatic rings. The Morgan fingerprint density at radius 1 is 1.12 bits per heavy atom. The predicted molar refractivity (Wildman–Crippen MR) is 119 cm³/mol. The highest BCUT2D eigenvalue weighted by molar-refractivity contribution is 6.02. The van der Waals surface area contributed by atoms with Crippen molar-refractivity contribution in [1.82, 2.24) is 20.1 Å². The molecule has 2 aliphatic heterocycles. The molecule has 0 saturated carbocycles. The van der Waals surface area contributed by atoms with Gasteiger partial charge in [-0.2, -0.15) is 0 Å². The Morgan fingerprint density at radius 3 is 2.72 bits per heavy atom. The van der Waals surface area contributed by atoms with Crippen LogP contribution in [0.4, 0.5) is 5.69 Å². The zero-order valence-corrected chi connectivity index (χ0v) is 18.1. The van der Waals surface area contributed by atoms with Gasteiger partial charge in [0.1, 0.15) is 17.6 Å². The lowest BCUT2D eigenvalue weighted by Gasteiger charge is -2.22. The first-order valence-electron chi connectivity index (χ1n) is 10.8. The topological polar surface area (TPSA) is 89.3 Å². The molecule has 2 amide bonds. The first kappa shape index (κ1) is 20.2. The number of anilines is 1. The standard InChI is InChI=1S/C24H25N5O3/c1-28-19-11-9-17(32-2)14-16(19)8-10-18(24(28)31)25-23(30)22-26-21-13-12-20(29(21)27-22)15-6-4-3-5-7-15/h3-7,9,11,14,18,20H,8,10,12-13H2,1-2H3,(H,25,30)/t18-,20-/m0/s1. The average Bonchev–Trinajstić information content (AvgIpc) is 3.39. The molecule has 8 nitrogen and oxygen atoms in total. The van der Waals surface area contributed by atoms with E-state index in [4.69, 9.17) is 4.74 Å². The Balaban J connectivity index is 1.33. The Kier molecular flexibility index (Phi) is 5.13. The van der Waals surface area contributed by atoms with E-state index in [0.29, 0.717) is 12.8 Å². The van der Waals surface area contributed by atoms with Gasteiger partial charge in [-0.1, -0.05) is 30.3 Å². The molecule has 164 valence electrons. The molecule has 0 saturated heterocycles. The number of rotatable bonds is 4. The van der Waals surface area contributed by atoms with E-state index in [0.717, 1.165) is 41.2 Å². The fraction of sp³-hybridized carbons (Fsp3) is 0.333. The number of benzene rings is 2. The van der Waals surface area contributed by atoms with Gasteiger partial charge in [0.05, 0.1) is 13.2 Å². The summed E-state index contributed by atoms with van der Waals surface area (Å²) in [6.45, 7) is 0. The largest absolute Gasteiger partial charge is 0.497 e. The minimum Gasteiger partial charge on any atom is -0.497 e. The van der Waals surface area contributed by atoms with Gasteiger partial charge in [-0.05, 0) is 48.6 Å². The molecule has 0 spiro atoms. The van der Waals surface area contributed by atoms with Gasteiger partial charge in [-0.3, -0.25) is 9.59 Å². The lowest BCUT2D eigenvalue weighted by Crippen LogP contribution is -2.47. The molecular formula is C24H25N5O3. The second-order valence-corrected chi connectivity index (χ2v) is 8.22. The van der Waals surface area contributed by atoms with Gasteiger partial charge in [0.2, 0.25) is 11.7 Å². The molecule has 0 aliphatic carbocycles. The van der Waals surface area contributed by atoms with Crippen LogP contribution < -0.4 is 15.0 Å². The molecule has 0 bridgehead atoms. The van der Waals surface area contributed by atoms with Crippen LogP contribution in [0.5, 0.6) is 5.75 Å². The smallest absolute Gasteiger partial charge is 0.291 e. The van der Waals surface area contributed by atoms with E-state index in [1.54, 1.807) is 19.1 Å². The molecule has 0 unspecified atom stereocenters. The zero-order chi connectivity index (χ0) is 22.2. The average molecular weight is 431 g/mol. The molecule has 32 heavy (non-hydrogen) atoms. The number of carbonyl (C=O) groups is 2. The number of likely N-dealkylation sites (N-methyl/N-ethyl adjacent to an activating group) is 1. The van der Waals surface area contributed by atoms with E-state index >= 15 is 0 Å². The summed E-state index contributed by atoms with van der Waals surface area (Å²) in [5.41, 5.74) is 3.00. The third kappa shape index (κ3) is 3.51. The number of amides is 2. The highest BCUT2D eigenvalue weighted by atomic mass is 16.5. The summed E-state index contributed by atoms with van der Waals surface area (Å²) in [4.78, 5) is 32.1. The van der Waals surface area contributed by atoms with E-state index < -0.39 is 11.9 Å². The van der Waals surface area contributed by atoms with Crippen LogP contribution in [0.1, 0.15) is 46.5 Å².